The number of hydrogen-bond donors (Lipinski definition) is 0. The molecule has 184 valence electrons. The molecule has 5 rings (SSSR count). The maximum atomic E-state index is 13.7. The number of benzene rings is 2. The lowest BCUT2D eigenvalue weighted by atomic mass is 9.94. The molecular weight excluding hydrogens is 459 g/mol. The van der Waals surface area contributed by atoms with Crippen molar-refractivity contribution in [2.24, 2.45) is 4.99 Å². The van der Waals surface area contributed by atoms with Crippen molar-refractivity contribution in [1.29, 1.82) is 0 Å². The summed E-state index contributed by atoms with van der Waals surface area (Å²) < 4.78 is 19.6. The highest BCUT2D eigenvalue weighted by Gasteiger charge is 2.39. The minimum atomic E-state index is -0.276. The predicted molar refractivity (Wildman–Crippen MR) is 141 cm³/mol. The van der Waals surface area contributed by atoms with Gasteiger partial charge in [-0.15, -0.1) is 0 Å². The summed E-state index contributed by atoms with van der Waals surface area (Å²) in [5, 5.41) is 0.887. The van der Waals surface area contributed by atoms with Gasteiger partial charge in [-0.3, -0.25) is 14.7 Å². The maximum absolute atomic E-state index is 13.7. The molecule has 0 atom stereocenters. The van der Waals surface area contributed by atoms with Crippen LogP contribution < -0.4 is 4.74 Å². The summed E-state index contributed by atoms with van der Waals surface area (Å²) >= 11 is 1.52. The highest BCUT2D eigenvalue weighted by Crippen LogP contribution is 2.39. The van der Waals surface area contributed by atoms with Crippen LogP contribution in [0.5, 0.6) is 5.75 Å². The van der Waals surface area contributed by atoms with Gasteiger partial charge in [-0.05, 0) is 67.3 Å². The molecule has 2 aliphatic carbocycles. The lowest BCUT2D eigenvalue weighted by Crippen LogP contribution is -2.41. The number of amides is 1. The Morgan fingerprint density at radius 2 is 1.71 bits per heavy atom. The predicted octanol–water partition coefficient (Wildman–Crippen LogP) is 7.34. The van der Waals surface area contributed by atoms with Crippen molar-refractivity contribution >= 4 is 28.9 Å². The molecule has 1 aliphatic heterocycles. The first-order valence-electron chi connectivity index (χ1n) is 12.9. The molecule has 0 aromatic heterocycles. The molecule has 1 amide bonds. The van der Waals surface area contributed by atoms with Crippen LogP contribution in [-0.2, 0) is 11.4 Å². The van der Waals surface area contributed by atoms with E-state index in [0.29, 0.717) is 16.7 Å². The van der Waals surface area contributed by atoms with Crippen molar-refractivity contribution in [3.05, 3.63) is 70.4 Å². The Balaban J connectivity index is 1.39. The van der Waals surface area contributed by atoms with Gasteiger partial charge in [0.2, 0.25) is 0 Å². The van der Waals surface area contributed by atoms with E-state index in [9.17, 15) is 9.18 Å². The number of carbonyl (C=O) groups excluding carboxylic acids is 1. The third-order valence-corrected chi connectivity index (χ3v) is 8.13. The van der Waals surface area contributed by atoms with E-state index in [0.717, 1.165) is 42.0 Å². The van der Waals surface area contributed by atoms with E-state index in [2.05, 4.69) is 0 Å². The number of halogens is 1. The number of rotatable bonds is 6. The summed E-state index contributed by atoms with van der Waals surface area (Å²) in [7, 11) is 0. The van der Waals surface area contributed by atoms with Crippen LogP contribution >= 0.6 is 11.8 Å². The lowest BCUT2D eigenvalue weighted by Gasteiger charge is -2.31. The van der Waals surface area contributed by atoms with Gasteiger partial charge in [0, 0.05) is 11.6 Å². The van der Waals surface area contributed by atoms with Gasteiger partial charge in [-0.25, -0.2) is 4.39 Å². The fraction of sp³-hybridized carbons (Fsp3) is 0.448. The maximum Gasteiger partial charge on any atom is 0.267 e. The monoisotopic (exact) mass is 492 g/mol. The number of para-hydroxylation sites is 1. The number of thioether (sulfide) groups is 1. The molecule has 0 spiro atoms. The topological polar surface area (TPSA) is 41.9 Å². The van der Waals surface area contributed by atoms with Gasteiger partial charge in [-0.1, -0.05) is 68.9 Å². The molecule has 0 unspecified atom stereocenters. The van der Waals surface area contributed by atoms with Crippen LogP contribution in [0.2, 0.25) is 0 Å². The molecule has 35 heavy (non-hydrogen) atoms. The molecule has 6 heteroatoms. The van der Waals surface area contributed by atoms with Crippen LogP contribution in [0.25, 0.3) is 6.08 Å². The fourth-order valence-electron chi connectivity index (χ4n) is 5.26. The van der Waals surface area contributed by atoms with E-state index in [1.165, 1.54) is 62.4 Å². The quantitative estimate of drug-likeness (QED) is 0.396. The van der Waals surface area contributed by atoms with Crippen LogP contribution in [0.3, 0.4) is 0 Å². The first-order chi connectivity index (χ1) is 17.2. The van der Waals surface area contributed by atoms with Gasteiger partial charge in [0.1, 0.15) is 18.2 Å². The van der Waals surface area contributed by atoms with Crippen LogP contribution in [0, 0.1) is 5.82 Å². The van der Waals surface area contributed by atoms with Crippen LogP contribution in [-0.4, -0.2) is 28.1 Å². The zero-order valence-electron chi connectivity index (χ0n) is 20.1. The Labute approximate surface area is 211 Å². The minimum absolute atomic E-state index is 0.0661. The summed E-state index contributed by atoms with van der Waals surface area (Å²) in [4.78, 5) is 21.5. The third kappa shape index (κ3) is 5.97. The second kappa shape index (κ2) is 11.4. The summed E-state index contributed by atoms with van der Waals surface area (Å²) in [5.41, 5.74) is 1.62. The number of amidine groups is 1. The molecule has 2 aromatic rings. The second-order valence-corrected chi connectivity index (χ2v) is 10.7. The van der Waals surface area contributed by atoms with Crippen molar-refractivity contribution in [1.82, 2.24) is 4.90 Å². The molecule has 1 heterocycles. The van der Waals surface area contributed by atoms with E-state index in [4.69, 9.17) is 9.73 Å². The van der Waals surface area contributed by atoms with Gasteiger partial charge in [-0.2, -0.15) is 0 Å². The van der Waals surface area contributed by atoms with E-state index in [1.807, 2.05) is 41.3 Å². The van der Waals surface area contributed by atoms with Gasteiger partial charge in [0.25, 0.3) is 5.91 Å². The van der Waals surface area contributed by atoms with Crippen molar-refractivity contribution in [3.63, 3.8) is 0 Å². The Kier molecular flexibility index (Phi) is 7.87. The average molecular weight is 493 g/mol. The van der Waals surface area contributed by atoms with Crippen LogP contribution in [0.1, 0.15) is 75.3 Å². The number of aliphatic imine (C=N–C) groups is 1. The second-order valence-electron chi connectivity index (χ2n) is 9.74. The molecule has 0 radical (unpaired) electrons. The van der Waals surface area contributed by atoms with E-state index >= 15 is 0 Å². The molecule has 0 N–H and O–H groups in total. The molecule has 4 nitrogen and oxygen atoms in total. The lowest BCUT2D eigenvalue weighted by molar-refractivity contribution is -0.124. The smallest absolute Gasteiger partial charge is 0.267 e. The Hall–Kier alpha value is -2.60. The molecule has 1 saturated heterocycles. The van der Waals surface area contributed by atoms with Crippen molar-refractivity contribution in [2.45, 2.75) is 82.9 Å². The number of carbonyl (C=O) groups is 1. The number of nitrogens with zero attached hydrogens (tertiary/aromatic N) is 2. The Morgan fingerprint density at radius 1 is 0.971 bits per heavy atom. The SMILES string of the molecule is O=C1C(=Cc2ccccc2OCc2cccc(F)c2)SC(=NC2CCCCC2)N1C1CCCCC1. The minimum Gasteiger partial charge on any atom is -0.488 e. The van der Waals surface area contributed by atoms with Crippen molar-refractivity contribution < 1.29 is 13.9 Å². The molecule has 2 aromatic carbocycles. The molecule has 0 bridgehead atoms. The summed E-state index contributed by atoms with van der Waals surface area (Å²) in [5.74, 6) is 0.470. The zero-order valence-corrected chi connectivity index (χ0v) is 20.9. The standard InChI is InChI=1S/C29H33FN2O2S/c30-23-12-9-10-21(18-23)20-34-26-17-8-7-11-22(26)19-27-28(33)32(25-15-5-2-6-16-25)29(35-27)31-24-13-3-1-4-14-24/h7-12,17-19,24-25H,1-6,13-16,20H2. The summed E-state index contributed by atoms with van der Waals surface area (Å²) in [6.07, 6.45) is 13.6. The van der Waals surface area contributed by atoms with Crippen LogP contribution in [0.4, 0.5) is 4.39 Å². The average Bonchev–Trinajstić information content (AvgIpc) is 3.19. The Bertz CT molecular complexity index is 1100. The molecule has 3 fully saturated rings. The van der Waals surface area contributed by atoms with Crippen molar-refractivity contribution in [2.75, 3.05) is 0 Å². The van der Waals surface area contributed by atoms with Crippen molar-refractivity contribution in [3.8, 4) is 5.75 Å². The summed E-state index contributed by atoms with van der Waals surface area (Å²) in [6.45, 7) is 0.265. The first-order valence-corrected chi connectivity index (χ1v) is 13.8. The number of hydrogen-bond acceptors (Lipinski definition) is 4. The van der Waals surface area contributed by atoms with E-state index in [1.54, 1.807) is 6.07 Å². The molecule has 2 saturated carbocycles. The van der Waals surface area contributed by atoms with Crippen LogP contribution in [0.15, 0.2) is 58.4 Å². The summed E-state index contributed by atoms with van der Waals surface area (Å²) in [6, 6.07) is 14.7. The molecule has 3 aliphatic rings. The highest BCUT2D eigenvalue weighted by atomic mass is 32.2. The van der Waals surface area contributed by atoms with E-state index in [-0.39, 0.29) is 24.4 Å². The largest absolute Gasteiger partial charge is 0.488 e. The van der Waals surface area contributed by atoms with Gasteiger partial charge in [0.05, 0.1) is 10.9 Å². The highest BCUT2D eigenvalue weighted by molar-refractivity contribution is 8.18. The van der Waals surface area contributed by atoms with Gasteiger partial charge in [0.15, 0.2) is 5.17 Å². The van der Waals surface area contributed by atoms with Gasteiger partial charge < -0.3 is 4.74 Å². The number of ether oxygens (including phenoxy) is 1. The van der Waals surface area contributed by atoms with Gasteiger partial charge >= 0.3 is 0 Å². The first kappa shape index (κ1) is 24.1. The fourth-order valence-corrected chi connectivity index (χ4v) is 6.36. The third-order valence-electron chi connectivity index (χ3n) is 7.13. The molecular formula is C29H33FN2O2S. The zero-order chi connectivity index (χ0) is 24.0. The van der Waals surface area contributed by atoms with E-state index < -0.39 is 0 Å². The Morgan fingerprint density at radius 3 is 2.49 bits per heavy atom. The normalized spacial score (nSPS) is 22.3.